The van der Waals surface area contributed by atoms with Crippen LogP contribution in [0, 0.1) is 0 Å². The van der Waals surface area contributed by atoms with Crippen LogP contribution in [0.5, 0.6) is 0 Å². The van der Waals surface area contributed by atoms with Crippen molar-refractivity contribution in [2.75, 3.05) is 0 Å². The summed E-state index contributed by atoms with van der Waals surface area (Å²) in [5.41, 5.74) is -3.69. The van der Waals surface area contributed by atoms with Gasteiger partial charge in [0, 0.05) is 22.2 Å². The Kier molecular flexibility index (Phi) is 11.2. The van der Waals surface area contributed by atoms with E-state index in [0.29, 0.717) is 38.5 Å². The van der Waals surface area contributed by atoms with E-state index in [9.17, 15) is 19.2 Å². The van der Waals surface area contributed by atoms with Crippen LogP contribution in [0.4, 0.5) is 0 Å². The van der Waals surface area contributed by atoms with Gasteiger partial charge in [-0.2, -0.15) is 0 Å². The topological polar surface area (TPSA) is 116 Å². The summed E-state index contributed by atoms with van der Waals surface area (Å²) in [6.45, 7) is 0. The molecule has 4 aliphatic rings. The summed E-state index contributed by atoms with van der Waals surface area (Å²) in [4.78, 5) is 52.9. The van der Waals surface area contributed by atoms with Crippen molar-refractivity contribution in [3.05, 3.63) is 0 Å². The minimum absolute atomic E-state index is 0.364. The first-order chi connectivity index (χ1) is 16.8. The van der Waals surface area contributed by atoms with Gasteiger partial charge in [-0.25, -0.2) is 0 Å². The van der Waals surface area contributed by atoms with Crippen molar-refractivity contribution in [2.24, 2.45) is 0 Å². The fraction of sp³-hybridized carbons (Fsp3) is 0.778. The Morgan fingerprint density at radius 2 is 0.500 bits per heavy atom. The van der Waals surface area contributed by atoms with Crippen LogP contribution in [0.1, 0.15) is 38.5 Å². The van der Waals surface area contributed by atoms with Crippen molar-refractivity contribution in [3.63, 3.8) is 0 Å². The lowest BCUT2D eigenvalue weighted by Gasteiger charge is -2.70. The average Bonchev–Trinajstić information content (AvgIpc) is 2.62. The van der Waals surface area contributed by atoms with Crippen molar-refractivity contribution >= 4 is 215 Å². The smallest absolute Gasteiger partial charge is 0.259 e. The van der Waals surface area contributed by atoms with Crippen molar-refractivity contribution in [3.8, 4) is 0 Å². The molecule has 4 saturated carbocycles. The molecule has 0 aromatic carbocycles. The number of hydrogen-bond acceptors (Lipinski definition) is 4. The Balaban J connectivity index is 2.18. The number of halogens is 12. The number of carbonyl (C=O) groups excluding carboxylic acids is 4. The fourth-order valence-electron chi connectivity index (χ4n) is 6.41. The van der Waals surface area contributed by atoms with Crippen LogP contribution in [0.3, 0.4) is 0 Å². The lowest BCUT2D eigenvalue weighted by Crippen LogP contribution is -2.84. The molecule has 4 aliphatic carbocycles. The van der Waals surface area contributed by atoms with E-state index in [2.05, 4.69) is 212 Å². The molecule has 0 atom stereocenters. The summed E-state index contributed by atoms with van der Waals surface area (Å²) in [6, 6.07) is 0. The number of carbonyl (C=O) groups is 4. The number of hydrogen-bond donors (Lipinski definition) is 4. The van der Waals surface area contributed by atoms with Crippen LogP contribution in [0.15, 0.2) is 0 Å². The zero-order valence-electron chi connectivity index (χ0n) is 18.4. The third-order valence-corrected chi connectivity index (χ3v) is 10.9. The van der Waals surface area contributed by atoms with Crippen LogP contribution in [-0.2, 0) is 19.2 Å². The molecule has 0 aromatic rings. The number of rotatable bonds is 4. The third kappa shape index (κ3) is 8.46. The van der Waals surface area contributed by atoms with Gasteiger partial charge >= 0.3 is 0 Å². The van der Waals surface area contributed by atoms with Gasteiger partial charge in [-0.15, -0.1) is 0 Å². The normalized spacial score (nSPS) is 32.9. The van der Waals surface area contributed by atoms with Crippen LogP contribution < -0.4 is 21.3 Å². The number of alkyl halides is 12. The fourth-order valence-corrected chi connectivity index (χ4v) is 7.60. The molecular formula is C18H16Br12N4O4. The molecule has 0 aromatic heterocycles. The molecule has 0 radical (unpaired) electrons. The van der Waals surface area contributed by atoms with Crippen LogP contribution in [0.2, 0.25) is 0 Å². The monoisotopic (exact) mass is 1300 g/mol. The number of nitrogens with one attached hydrogen (secondary N) is 4. The van der Waals surface area contributed by atoms with Gasteiger partial charge in [-0.05, 0) is 230 Å². The van der Waals surface area contributed by atoms with Crippen molar-refractivity contribution in [1.82, 2.24) is 21.3 Å². The van der Waals surface area contributed by atoms with Gasteiger partial charge in [0.25, 0.3) is 23.6 Å². The van der Waals surface area contributed by atoms with Gasteiger partial charge in [0.15, 0.2) is 0 Å². The summed E-state index contributed by atoms with van der Waals surface area (Å²) < 4.78 is -4.99. The molecule has 20 heteroatoms. The summed E-state index contributed by atoms with van der Waals surface area (Å²) in [7, 11) is 0. The largest absolute Gasteiger partial charge is 0.348 e. The molecule has 0 aliphatic heterocycles. The lowest BCUT2D eigenvalue weighted by atomic mass is 9.44. The summed E-state index contributed by atoms with van der Waals surface area (Å²) >= 11 is 39.4. The van der Waals surface area contributed by atoms with E-state index in [1.54, 1.807) is 0 Å². The Morgan fingerprint density at radius 1 is 0.368 bits per heavy atom. The highest BCUT2D eigenvalue weighted by Gasteiger charge is 2.71. The third-order valence-electron chi connectivity index (χ3n) is 6.61. The first-order valence-corrected chi connectivity index (χ1v) is 19.8. The molecule has 4 bridgehead atoms. The second-order valence-corrected chi connectivity index (χ2v) is 37.0. The molecule has 4 amide bonds. The van der Waals surface area contributed by atoms with E-state index < -0.39 is 54.4 Å². The van der Waals surface area contributed by atoms with E-state index in [1.807, 2.05) is 0 Å². The van der Waals surface area contributed by atoms with Gasteiger partial charge in [0.1, 0.15) is 0 Å². The Hall–Kier alpha value is 3.64. The summed E-state index contributed by atoms with van der Waals surface area (Å²) in [6.07, 6.45) is 2.18. The first-order valence-electron chi connectivity index (χ1n) is 10.3. The minimum atomic E-state index is -1.25. The van der Waals surface area contributed by atoms with Crippen molar-refractivity contribution in [1.29, 1.82) is 0 Å². The predicted molar refractivity (Wildman–Crippen MR) is 189 cm³/mol. The van der Waals surface area contributed by atoms with E-state index >= 15 is 0 Å². The highest BCUT2D eigenvalue weighted by atomic mass is 80.0. The molecule has 0 saturated heterocycles. The zero-order chi connectivity index (χ0) is 29.4. The maximum atomic E-state index is 13.2. The van der Waals surface area contributed by atoms with Gasteiger partial charge < -0.3 is 21.3 Å². The van der Waals surface area contributed by atoms with Crippen molar-refractivity contribution < 1.29 is 19.2 Å². The van der Waals surface area contributed by atoms with Crippen molar-refractivity contribution in [2.45, 2.75) is 69.3 Å². The molecule has 38 heavy (non-hydrogen) atoms. The number of amides is 4. The van der Waals surface area contributed by atoms with Gasteiger partial charge in [0.2, 0.25) is 8.57 Å². The first kappa shape index (κ1) is 36.1. The van der Waals surface area contributed by atoms with E-state index in [1.165, 1.54) is 0 Å². The maximum absolute atomic E-state index is 13.2. The molecule has 4 N–H and O–H groups in total. The van der Waals surface area contributed by atoms with Gasteiger partial charge in [0.05, 0.1) is 0 Å². The summed E-state index contributed by atoms with van der Waals surface area (Å²) in [5.74, 6) is -1.64. The molecular weight excluding hydrogens is 1300 g/mol. The highest BCUT2D eigenvalue weighted by molar-refractivity contribution is 9.41. The highest BCUT2D eigenvalue weighted by Crippen LogP contribution is 2.62. The molecule has 8 nitrogen and oxygen atoms in total. The Bertz CT molecular complexity index is 848. The second kappa shape index (κ2) is 11.8. The van der Waals surface area contributed by atoms with Crippen LogP contribution >= 0.6 is 191 Å². The second-order valence-electron chi connectivity index (χ2n) is 9.99. The Morgan fingerprint density at radius 3 is 0.605 bits per heavy atom. The minimum Gasteiger partial charge on any atom is -0.348 e. The van der Waals surface area contributed by atoms with Gasteiger partial charge in [-0.1, -0.05) is 0 Å². The van der Waals surface area contributed by atoms with E-state index in [0.717, 1.165) is 0 Å². The molecule has 216 valence electrons. The SMILES string of the molecule is O=C(NC12CC3(NC(=O)C(Br)(Br)Br)CC(NC(=O)C(Br)(Br)Br)(C1)CC(NC(=O)C(Br)(Br)Br)(C2)C3)C(Br)(Br)Br. The van der Waals surface area contributed by atoms with Crippen LogP contribution in [-0.4, -0.2) is 54.4 Å². The molecule has 4 fully saturated rings. The lowest BCUT2D eigenvalue weighted by molar-refractivity contribution is -0.146. The standard InChI is InChI=1S/C18H16Br12N4O4/c19-15(20,21)7(35)31-11-1-12(32-8(36)16(22,23)24)4-13(2-11,33-9(37)17(25,26)27)6-14(3-11,5-12)34-10(38)18(28,29)30/h1-6H2,(H,31,35)(H,32,36)(H,33,37)(H,34,38). The van der Waals surface area contributed by atoms with Crippen LogP contribution in [0.25, 0.3) is 0 Å². The van der Waals surface area contributed by atoms with E-state index in [-0.39, 0.29) is 0 Å². The maximum Gasteiger partial charge on any atom is 0.259 e. The molecule has 0 unspecified atom stereocenters. The van der Waals surface area contributed by atoms with E-state index in [4.69, 9.17) is 0 Å². The molecule has 0 spiro atoms. The molecule has 4 rings (SSSR count). The zero-order valence-corrected chi connectivity index (χ0v) is 37.4. The predicted octanol–water partition coefficient (Wildman–Crippen LogP) is 7.14. The van der Waals surface area contributed by atoms with Gasteiger partial charge in [-0.3, -0.25) is 19.2 Å². The molecule has 0 heterocycles. The Labute approximate surface area is 319 Å². The average molecular weight is 1310 g/mol. The quantitative estimate of drug-likeness (QED) is 0.224. The summed E-state index contributed by atoms with van der Waals surface area (Å²) in [5, 5.41) is 12.5.